The van der Waals surface area contributed by atoms with E-state index in [9.17, 15) is 0 Å². The molecule has 0 aliphatic carbocycles. The third-order valence-electron chi connectivity index (χ3n) is 2.80. The number of aromatic nitrogens is 2. The Morgan fingerprint density at radius 2 is 2.20 bits per heavy atom. The Kier molecular flexibility index (Phi) is 2.73. The molecule has 0 radical (unpaired) electrons. The van der Waals surface area contributed by atoms with Gasteiger partial charge in [0.1, 0.15) is 5.82 Å². The molecule has 1 aromatic heterocycles. The van der Waals surface area contributed by atoms with Crippen LogP contribution >= 0.6 is 0 Å². The minimum Gasteiger partial charge on any atom is -0.331 e. The summed E-state index contributed by atoms with van der Waals surface area (Å²) in [4.78, 5) is 4.67. The lowest BCUT2D eigenvalue weighted by atomic mass is 10.2. The predicted molar refractivity (Wildman–Crippen MR) is 63.1 cm³/mol. The van der Waals surface area contributed by atoms with Gasteiger partial charge in [0.2, 0.25) is 0 Å². The molecule has 15 heavy (non-hydrogen) atoms. The minimum atomic E-state index is 0.968. The zero-order valence-electron chi connectivity index (χ0n) is 9.54. The zero-order valence-corrected chi connectivity index (χ0v) is 9.54. The van der Waals surface area contributed by atoms with E-state index in [2.05, 4.69) is 47.0 Å². The van der Waals surface area contributed by atoms with Crippen LogP contribution in [0.5, 0.6) is 0 Å². The molecule has 1 aromatic carbocycles. The zero-order chi connectivity index (χ0) is 10.8. The molecule has 0 aliphatic heterocycles. The summed E-state index contributed by atoms with van der Waals surface area (Å²) in [5.74, 6) is 1.15. The van der Waals surface area contributed by atoms with Crippen molar-refractivity contribution in [3.8, 4) is 0 Å². The monoisotopic (exact) mass is 203 g/mol. The van der Waals surface area contributed by atoms with E-state index >= 15 is 0 Å². The molecule has 0 fully saturated rings. The van der Waals surface area contributed by atoms with Crippen molar-refractivity contribution in [3.05, 3.63) is 29.6 Å². The summed E-state index contributed by atoms with van der Waals surface area (Å²) in [6.07, 6.45) is 0.973. The van der Waals surface area contributed by atoms with Gasteiger partial charge in [0.05, 0.1) is 11.0 Å². The van der Waals surface area contributed by atoms with Crippen LogP contribution in [0.1, 0.15) is 11.4 Å². The molecular weight excluding hydrogens is 186 g/mol. The summed E-state index contributed by atoms with van der Waals surface area (Å²) >= 11 is 0. The van der Waals surface area contributed by atoms with E-state index in [1.807, 2.05) is 7.05 Å². The van der Waals surface area contributed by atoms with E-state index in [0.29, 0.717) is 0 Å². The van der Waals surface area contributed by atoms with E-state index < -0.39 is 0 Å². The molecule has 1 N–H and O–H groups in total. The van der Waals surface area contributed by atoms with Crippen LogP contribution in [0.3, 0.4) is 0 Å². The maximum atomic E-state index is 4.67. The number of likely N-dealkylation sites (N-methyl/N-ethyl adjacent to an activating group) is 1. The molecule has 0 aliphatic rings. The summed E-state index contributed by atoms with van der Waals surface area (Å²) in [7, 11) is 4.05. The maximum absolute atomic E-state index is 4.67. The van der Waals surface area contributed by atoms with Crippen molar-refractivity contribution < 1.29 is 0 Å². The number of hydrogen-bond acceptors (Lipinski definition) is 2. The average molecular weight is 203 g/mol. The Bertz CT molecular complexity index is 471. The van der Waals surface area contributed by atoms with Gasteiger partial charge in [-0.15, -0.1) is 0 Å². The highest BCUT2D eigenvalue weighted by Crippen LogP contribution is 2.18. The Hall–Kier alpha value is -1.35. The molecule has 0 unspecified atom stereocenters. The summed E-state index contributed by atoms with van der Waals surface area (Å²) in [6.45, 7) is 3.08. The second kappa shape index (κ2) is 4.03. The average Bonchev–Trinajstić information content (AvgIpc) is 2.55. The maximum Gasteiger partial charge on any atom is 0.110 e. The number of hydrogen-bond donors (Lipinski definition) is 1. The van der Waals surface area contributed by atoms with Crippen LogP contribution in [-0.2, 0) is 13.5 Å². The number of rotatable bonds is 3. The molecule has 80 valence electrons. The number of aryl methyl sites for hydroxylation is 2. The largest absolute Gasteiger partial charge is 0.331 e. The summed E-state index contributed by atoms with van der Waals surface area (Å²) in [5.41, 5.74) is 3.60. The molecule has 0 spiro atoms. The summed E-state index contributed by atoms with van der Waals surface area (Å²) < 4.78 is 2.18. The smallest absolute Gasteiger partial charge is 0.110 e. The molecular formula is C12H17N3. The van der Waals surface area contributed by atoms with Crippen molar-refractivity contribution in [3.63, 3.8) is 0 Å². The number of imidazole rings is 1. The molecule has 0 bridgehead atoms. The highest BCUT2D eigenvalue weighted by molar-refractivity contribution is 5.79. The molecule has 3 heteroatoms. The minimum absolute atomic E-state index is 0.968. The normalized spacial score (nSPS) is 11.1. The summed E-state index contributed by atoms with van der Waals surface area (Å²) in [6, 6.07) is 6.32. The first-order chi connectivity index (χ1) is 7.24. The molecule has 0 amide bonds. The second-order valence-corrected chi connectivity index (χ2v) is 3.88. The summed E-state index contributed by atoms with van der Waals surface area (Å²) in [5, 5.41) is 3.15. The van der Waals surface area contributed by atoms with E-state index in [0.717, 1.165) is 24.3 Å². The lowest BCUT2D eigenvalue weighted by Crippen LogP contribution is -2.12. The van der Waals surface area contributed by atoms with Gasteiger partial charge >= 0.3 is 0 Å². The van der Waals surface area contributed by atoms with E-state index in [1.54, 1.807) is 0 Å². The van der Waals surface area contributed by atoms with Crippen LogP contribution in [0.4, 0.5) is 0 Å². The van der Waals surface area contributed by atoms with Gasteiger partial charge in [-0.3, -0.25) is 0 Å². The van der Waals surface area contributed by atoms with Crippen molar-refractivity contribution in [2.24, 2.45) is 7.05 Å². The molecule has 0 saturated heterocycles. The van der Waals surface area contributed by atoms with Gasteiger partial charge < -0.3 is 9.88 Å². The number of fused-ring (bicyclic) bond motifs is 1. The third kappa shape index (κ3) is 1.75. The first kappa shape index (κ1) is 10.2. The van der Waals surface area contributed by atoms with Gasteiger partial charge in [0.15, 0.2) is 0 Å². The highest BCUT2D eigenvalue weighted by atomic mass is 15.1. The molecule has 0 atom stereocenters. The molecule has 0 saturated carbocycles. The van der Waals surface area contributed by atoms with Crippen molar-refractivity contribution >= 4 is 11.0 Å². The molecule has 1 heterocycles. The van der Waals surface area contributed by atoms with Crippen molar-refractivity contribution in [1.82, 2.24) is 14.9 Å². The molecule has 2 rings (SSSR count). The number of nitrogens with zero attached hydrogens (tertiary/aromatic N) is 2. The van der Waals surface area contributed by atoms with Crippen LogP contribution in [0.2, 0.25) is 0 Å². The van der Waals surface area contributed by atoms with Gasteiger partial charge in [0, 0.05) is 20.0 Å². The lowest BCUT2D eigenvalue weighted by Gasteiger charge is -2.01. The Balaban J connectivity index is 2.49. The van der Waals surface area contributed by atoms with Crippen LogP contribution < -0.4 is 5.32 Å². The SMILES string of the molecule is CNCCc1nc2c(C)cccc2n1C. The molecule has 2 aromatic rings. The van der Waals surface area contributed by atoms with Crippen molar-refractivity contribution in [1.29, 1.82) is 0 Å². The van der Waals surface area contributed by atoms with E-state index in [-0.39, 0.29) is 0 Å². The fourth-order valence-corrected chi connectivity index (χ4v) is 1.86. The van der Waals surface area contributed by atoms with Gasteiger partial charge in [-0.1, -0.05) is 12.1 Å². The van der Waals surface area contributed by atoms with Crippen molar-refractivity contribution in [2.75, 3.05) is 13.6 Å². The van der Waals surface area contributed by atoms with Crippen molar-refractivity contribution in [2.45, 2.75) is 13.3 Å². The first-order valence-electron chi connectivity index (χ1n) is 5.29. The fraction of sp³-hybridized carbons (Fsp3) is 0.417. The number of benzene rings is 1. The predicted octanol–water partition coefficient (Wildman–Crippen LogP) is 1.64. The number of nitrogens with one attached hydrogen (secondary N) is 1. The van der Waals surface area contributed by atoms with Crippen LogP contribution in [0, 0.1) is 6.92 Å². The number of para-hydroxylation sites is 1. The third-order valence-corrected chi connectivity index (χ3v) is 2.80. The van der Waals surface area contributed by atoms with Gasteiger partial charge in [-0.05, 0) is 25.6 Å². The Morgan fingerprint density at radius 1 is 1.40 bits per heavy atom. The standard InChI is InChI=1S/C12H17N3/c1-9-5-4-6-10-12(9)14-11(15(10)3)7-8-13-2/h4-6,13H,7-8H2,1-3H3. The van der Waals surface area contributed by atoms with Gasteiger partial charge in [-0.2, -0.15) is 0 Å². The topological polar surface area (TPSA) is 29.9 Å². The van der Waals surface area contributed by atoms with Gasteiger partial charge in [-0.25, -0.2) is 4.98 Å². The first-order valence-corrected chi connectivity index (χ1v) is 5.29. The second-order valence-electron chi connectivity index (χ2n) is 3.88. The van der Waals surface area contributed by atoms with Crippen LogP contribution in [0.15, 0.2) is 18.2 Å². The fourth-order valence-electron chi connectivity index (χ4n) is 1.86. The van der Waals surface area contributed by atoms with E-state index in [1.165, 1.54) is 11.1 Å². The van der Waals surface area contributed by atoms with Crippen LogP contribution in [0.25, 0.3) is 11.0 Å². The Morgan fingerprint density at radius 3 is 2.87 bits per heavy atom. The lowest BCUT2D eigenvalue weighted by molar-refractivity contribution is 0.726. The molecule has 3 nitrogen and oxygen atoms in total. The van der Waals surface area contributed by atoms with Gasteiger partial charge in [0.25, 0.3) is 0 Å². The highest BCUT2D eigenvalue weighted by Gasteiger charge is 2.07. The quantitative estimate of drug-likeness (QED) is 0.822. The van der Waals surface area contributed by atoms with E-state index in [4.69, 9.17) is 0 Å². The van der Waals surface area contributed by atoms with Crippen LogP contribution in [-0.4, -0.2) is 23.1 Å². The Labute approximate surface area is 90.1 Å².